The number of hydrogen-bond donors (Lipinski definition) is 4. The molecule has 1 fully saturated rings. The third-order valence-corrected chi connectivity index (χ3v) is 6.40. The molecule has 0 radical (unpaired) electrons. The Bertz CT molecular complexity index is 1290. The van der Waals surface area contributed by atoms with Crippen molar-refractivity contribution < 1.29 is 14.4 Å². The summed E-state index contributed by atoms with van der Waals surface area (Å²) in [6.45, 7) is 0.680. The predicted molar refractivity (Wildman–Crippen MR) is 146 cm³/mol. The Morgan fingerprint density at radius 3 is 2.29 bits per heavy atom. The molecule has 1 saturated heterocycles. The first-order chi connectivity index (χ1) is 18.4. The maximum absolute atomic E-state index is 13.7. The predicted octanol–water partition coefficient (Wildman–Crippen LogP) is 1.92. The first-order valence-corrected chi connectivity index (χ1v) is 12.5. The van der Waals surface area contributed by atoms with Crippen molar-refractivity contribution in [3.8, 4) is 11.1 Å². The lowest BCUT2D eigenvalue weighted by molar-refractivity contribution is -0.155. The summed E-state index contributed by atoms with van der Waals surface area (Å²) in [5.41, 5.74) is 14.4. The second-order valence-corrected chi connectivity index (χ2v) is 9.11. The molecule has 1 aliphatic rings. The number of carbonyl (C=O) groups is 3. The van der Waals surface area contributed by atoms with Gasteiger partial charge in [-0.3, -0.25) is 19.4 Å². The lowest BCUT2D eigenvalue weighted by atomic mass is 9.97. The lowest BCUT2D eigenvalue weighted by Gasteiger charge is -2.38. The van der Waals surface area contributed by atoms with Crippen LogP contribution in [-0.2, 0) is 27.5 Å². The van der Waals surface area contributed by atoms with Gasteiger partial charge in [-0.15, -0.1) is 0 Å². The SMILES string of the molecule is NC(N)=NCCCC1NC(=O)C(C(=O)NCc2ccccc2)N(Cc2ccccc2-c2ccccc2)C1=O. The quantitative estimate of drug-likeness (QED) is 0.142. The Kier molecular flexibility index (Phi) is 8.71. The van der Waals surface area contributed by atoms with Crippen molar-refractivity contribution in [2.45, 2.75) is 38.0 Å². The molecule has 196 valence electrons. The molecule has 0 aliphatic carbocycles. The number of nitrogens with zero attached hydrogens (tertiary/aromatic N) is 2. The summed E-state index contributed by atoms with van der Waals surface area (Å²) in [5, 5.41) is 5.57. The van der Waals surface area contributed by atoms with Crippen LogP contribution in [0.4, 0.5) is 0 Å². The third kappa shape index (κ3) is 6.56. The zero-order valence-corrected chi connectivity index (χ0v) is 21.0. The van der Waals surface area contributed by atoms with Gasteiger partial charge in [0.25, 0.3) is 11.8 Å². The van der Waals surface area contributed by atoms with Crippen LogP contribution in [0.1, 0.15) is 24.0 Å². The van der Waals surface area contributed by atoms with Gasteiger partial charge in [-0.05, 0) is 35.1 Å². The fraction of sp³-hybridized carbons (Fsp3) is 0.241. The van der Waals surface area contributed by atoms with Crippen molar-refractivity contribution in [3.63, 3.8) is 0 Å². The third-order valence-electron chi connectivity index (χ3n) is 6.40. The average molecular weight is 513 g/mol. The Hall–Kier alpha value is -4.66. The van der Waals surface area contributed by atoms with Gasteiger partial charge in [0.15, 0.2) is 12.0 Å². The summed E-state index contributed by atoms with van der Waals surface area (Å²) >= 11 is 0. The van der Waals surface area contributed by atoms with Crippen LogP contribution in [0.5, 0.6) is 0 Å². The molecule has 2 unspecified atom stereocenters. The Morgan fingerprint density at radius 2 is 1.58 bits per heavy atom. The number of rotatable bonds is 10. The summed E-state index contributed by atoms with van der Waals surface area (Å²) < 4.78 is 0. The first-order valence-electron chi connectivity index (χ1n) is 12.5. The van der Waals surface area contributed by atoms with Gasteiger partial charge in [0.2, 0.25) is 5.91 Å². The number of nitrogens with two attached hydrogens (primary N) is 2. The van der Waals surface area contributed by atoms with E-state index >= 15 is 0 Å². The number of guanidine groups is 1. The number of amides is 3. The summed E-state index contributed by atoms with van der Waals surface area (Å²) in [7, 11) is 0. The molecule has 9 heteroatoms. The van der Waals surface area contributed by atoms with E-state index in [0.29, 0.717) is 19.4 Å². The second kappa shape index (κ2) is 12.5. The minimum Gasteiger partial charge on any atom is -0.370 e. The minimum atomic E-state index is -1.30. The fourth-order valence-corrected chi connectivity index (χ4v) is 4.53. The average Bonchev–Trinajstić information content (AvgIpc) is 2.93. The van der Waals surface area contributed by atoms with Crippen molar-refractivity contribution in [2.24, 2.45) is 16.5 Å². The summed E-state index contributed by atoms with van der Waals surface area (Å²) in [6, 6.07) is 24.8. The number of nitrogens with one attached hydrogen (secondary N) is 2. The van der Waals surface area contributed by atoms with E-state index in [1.54, 1.807) is 0 Å². The van der Waals surface area contributed by atoms with Crippen molar-refractivity contribution in [3.05, 3.63) is 96.1 Å². The molecule has 0 spiro atoms. The molecule has 38 heavy (non-hydrogen) atoms. The standard InChI is InChI=1S/C29H32N6O3/c30-29(31)32-17-9-16-24-28(38)35(19-22-14-7-8-15-23(22)21-12-5-2-6-13-21)25(27(37)34-24)26(36)33-18-20-10-3-1-4-11-20/h1-8,10-15,24-25H,9,16-19H2,(H,33,36)(H,34,37)(H4,30,31,32). The number of carbonyl (C=O) groups excluding carboxylic acids is 3. The monoisotopic (exact) mass is 512 g/mol. The van der Waals surface area contributed by atoms with Crippen LogP contribution >= 0.6 is 0 Å². The maximum atomic E-state index is 13.7. The normalized spacial score (nSPS) is 17.0. The first kappa shape index (κ1) is 26.4. The molecule has 0 saturated carbocycles. The van der Waals surface area contributed by atoms with E-state index in [1.807, 2.05) is 84.9 Å². The number of aliphatic imine (C=N–C) groups is 1. The zero-order chi connectivity index (χ0) is 26.9. The smallest absolute Gasteiger partial charge is 0.253 e. The highest BCUT2D eigenvalue weighted by atomic mass is 16.2. The van der Waals surface area contributed by atoms with Crippen LogP contribution in [0.15, 0.2) is 89.9 Å². The molecule has 2 atom stereocenters. The van der Waals surface area contributed by atoms with Crippen LogP contribution in [-0.4, -0.2) is 47.2 Å². The molecule has 6 N–H and O–H groups in total. The molecule has 1 aliphatic heterocycles. The lowest BCUT2D eigenvalue weighted by Crippen LogP contribution is -2.66. The van der Waals surface area contributed by atoms with Crippen molar-refractivity contribution in [1.82, 2.24) is 15.5 Å². The van der Waals surface area contributed by atoms with Gasteiger partial charge in [-0.2, -0.15) is 0 Å². The highest BCUT2D eigenvalue weighted by molar-refractivity contribution is 6.10. The van der Waals surface area contributed by atoms with E-state index in [1.165, 1.54) is 4.90 Å². The van der Waals surface area contributed by atoms with Crippen molar-refractivity contribution in [2.75, 3.05) is 6.54 Å². The van der Waals surface area contributed by atoms with Gasteiger partial charge in [-0.1, -0.05) is 84.9 Å². The highest BCUT2D eigenvalue weighted by Crippen LogP contribution is 2.27. The molecule has 9 nitrogen and oxygen atoms in total. The van der Waals surface area contributed by atoms with Crippen molar-refractivity contribution in [1.29, 1.82) is 0 Å². The molecular formula is C29H32N6O3. The summed E-state index contributed by atoms with van der Waals surface area (Å²) in [5.74, 6) is -1.40. The summed E-state index contributed by atoms with van der Waals surface area (Å²) in [6.07, 6.45) is 0.838. The van der Waals surface area contributed by atoms with E-state index in [9.17, 15) is 14.4 Å². The Labute approximate surface area is 221 Å². The van der Waals surface area contributed by atoms with E-state index in [0.717, 1.165) is 22.3 Å². The minimum absolute atomic E-state index is 0.0293. The van der Waals surface area contributed by atoms with Crippen LogP contribution in [0.2, 0.25) is 0 Å². The maximum Gasteiger partial charge on any atom is 0.253 e. The Balaban J connectivity index is 1.59. The molecular weight excluding hydrogens is 480 g/mol. The van der Waals surface area contributed by atoms with Gasteiger partial charge < -0.3 is 27.0 Å². The zero-order valence-electron chi connectivity index (χ0n) is 21.0. The van der Waals surface area contributed by atoms with Gasteiger partial charge in [-0.25, -0.2) is 0 Å². The van der Waals surface area contributed by atoms with Gasteiger partial charge in [0.05, 0.1) is 0 Å². The van der Waals surface area contributed by atoms with E-state index in [4.69, 9.17) is 11.5 Å². The molecule has 4 rings (SSSR count). The van der Waals surface area contributed by atoms with Crippen LogP contribution in [0.25, 0.3) is 11.1 Å². The molecule has 0 aromatic heterocycles. The molecule has 3 amide bonds. The van der Waals surface area contributed by atoms with E-state index in [-0.39, 0.29) is 25.0 Å². The van der Waals surface area contributed by atoms with Gasteiger partial charge in [0, 0.05) is 19.6 Å². The topological polar surface area (TPSA) is 143 Å². The van der Waals surface area contributed by atoms with E-state index < -0.39 is 23.9 Å². The van der Waals surface area contributed by atoms with Crippen LogP contribution in [0.3, 0.4) is 0 Å². The van der Waals surface area contributed by atoms with Gasteiger partial charge >= 0.3 is 0 Å². The van der Waals surface area contributed by atoms with E-state index in [2.05, 4.69) is 15.6 Å². The molecule has 3 aromatic rings. The number of benzene rings is 3. The largest absolute Gasteiger partial charge is 0.370 e. The van der Waals surface area contributed by atoms with Crippen LogP contribution < -0.4 is 22.1 Å². The molecule has 3 aromatic carbocycles. The fourth-order valence-electron chi connectivity index (χ4n) is 4.53. The summed E-state index contributed by atoms with van der Waals surface area (Å²) in [4.78, 5) is 45.6. The highest BCUT2D eigenvalue weighted by Gasteiger charge is 2.44. The number of piperazine rings is 1. The van der Waals surface area contributed by atoms with Gasteiger partial charge in [0.1, 0.15) is 6.04 Å². The van der Waals surface area contributed by atoms with Crippen molar-refractivity contribution >= 4 is 23.7 Å². The number of hydrogen-bond acceptors (Lipinski definition) is 4. The second-order valence-electron chi connectivity index (χ2n) is 9.11. The molecule has 1 heterocycles. The molecule has 0 bridgehead atoms. The van der Waals surface area contributed by atoms with Crippen LogP contribution in [0, 0.1) is 0 Å². The Morgan fingerprint density at radius 1 is 0.921 bits per heavy atom.